The van der Waals surface area contributed by atoms with Gasteiger partial charge in [0.25, 0.3) is 0 Å². The van der Waals surface area contributed by atoms with E-state index in [1.54, 1.807) is 48.5 Å². The summed E-state index contributed by atoms with van der Waals surface area (Å²) >= 11 is 0. The Morgan fingerprint density at radius 2 is 1.42 bits per heavy atom. The van der Waals surface area contributed by atoms with E-state index >= 15 is 0 Å². The van der Waals surface area contributed by atoms with Gasteiger partial charge in [0.05, 0.1) is 0 Å². The van der Waals surface area contributed by atoms with Gasteiger partial charge in [-0.3, -0.25) is 0 Å². The lowest BCUT2D eigenvalue weighted by molar-refractivity contribution is -0.185. The van der Waals surface area contributed by atoms with Crippen molar-refractivity contribution >= 4 is 12.1 Å². The molecule has 0 aromatic rings. The van der Waals surface area contributed by atoms with E-state index in [2.05, 4.69) is 0 Å². The Balaban J connectivity index is 5.33. The van der Waals surface area contributed by atoms with Gasteiger partial charge in [-0.1, -0.05) is 19.1 Å². The van der Waals surface area contributed by atoms with Crippen molar-refractivity contribution in [2.24, 2.45) is 5.92 Å². The number of esters is 1. The van der Waals surface area contributed by atoms with Crippen LogP contribution in [0.25, 0.3) is 0 Å². The fourth-order valence-corrected chi connectivity index (χ4v) is 1.96. The maximum Gasteiger partial charge on any atom is 0.509 e. The first-order valence-corrected chi connectivity index (χ1v) is 8.48. The molecule has 0 saturated heterocycles. The van der Waals surface area contributed by atoms with Gasteiger partial charge in [-0.15, -0.1) is 0 Å². The molecule has 0 aliphatic rings. The predicted octanol–water partition coefficient (Wildman–Crippen LogP) is 5.03. The summed E-state index contributed by atoms with van der Waals surface area (Å²) in [5, 5.41) is 0. The largest absolute Gasteiger partial charge is 0.509 e. The molecule has 0 amide bonds. The van der Waals surface area contributed by atoms with Gasteiger partial charge < -0.3 is 14.2 Å². The van der Waals surface area contributed by atoms with E-state index in [9.17, 15) is 9.59 Å². The molecule has 0 spiro atoms. The van der Waals surface area contributed by atoms with Crippen molar-refractivity contribution in [3.8, 4) is 0 Å². The smallest absolute Gasteiger partial charge is 0.457 e. The van der Waals surface area contributed by atoms with Crippen LogP contribution >= 0.6 is 0 Å². The van der Waals surface area contributed by atoms with Gasteiger partial charge in [0.1, 0.15) is 11.2 Å². The van der Waals surface area contributed by atoms with E-state index < -0.39 is 28.9 Å². The maximum atomic E-state index is 12.7. The van der Waals surface area contributed by atoms with Crippen LogP contribution in [0.1, 0.15) is 75.2 Å². The zero-order chi connectivity index (χ0) is 19.2. The molecule has 0 aliphatic heterocycles. The first-order valence-electron chi connectivity index (χ1n) is 8.48. The lowest BCUT2D eigenvalue weighted by Crippen LogP contribution is -2.50. The molecule has 0 radical (unpaired) electrons. The number of rotatable bonds is 6. The third kappa shape index (κ3) is 8.37. The first kappa shape index (κ1) is 22.5. The van der Waals surface area contributed by atoms with E-state index in [1.165, 1.54) is 0 Å². The highest BCUT2D eigenvalue weighted by atomic mass is 16.7. The third-order valence-corrected chi connectivity index (χ3v) is 3.43. The van der Waals surface area contributed by atoms with E-state index in [0.29, 0.717) is 6.42 Å². The fourth-order valence-electron chi connectivity index (χ4n) is 1.96. The summed E-state index contributed by atoms with van der Waals surface area (Å²) in [6.07, 6.45) is 4.57. The monoisotopic (exact) mass is 342 g/mol. The normalized spacial score (nSPS) is 16.4. The molecule has 0 heterocycles. The van der Waals surface area contributed by atoms with Gasteiger partial charge in [0.2, 0.25) is 5.60 Å². The van der Waals surface area contributed by atoms with Crippen molar-refractivity contribution in [3.63, 3.8) is 0 Å². The molecule has 140 valence electrons. The Kier molecular flexibility index (Phi) is 8.00. The molecule has 5 heteroatoms. The van der Waals surface area contributed by atoms with Crippen LogP contribution in [0.2, 0.25) is 0 Å². The summed E-state index contributed by atoms with van der Waals surface area (Å²) in [5.41, 5.74) is -2.77. The number of hydrogen-bond donors (Lipinski definition) is 0. The number of allylic oxidation sites excluding steroid dienone is 2. The standard InChI is InChI=1S/C19H34O5/c1-10-11-12-13-14(2)19(9,15(20)22-17(3,4)5)24-16(21)23-18(6,7)8/h10-11,14H,12-13H2,1-9H3. The lowest BCUT2D eigenvalue weighted by Gasteiger charge is -2.35. The van der Waals surface area contributed by atoms with E-state index in [0.717, 1.165) is 6.42 Å². The van der Waals surface area contributed by atoms with Crippen LogP contribution in [0.4, 0.5) is 4.79 Å². The van der Waals surface area contributed by atoms with Crippen LogP contribution in [0, 0.1) is 5.92 Å². The van der Waals surface area contributed by atoms with Gasteiger partial charge in [0, 0.05) is 5.92 Å². The Bertz CT molecular complexity index is 453. The second-order valence-corrected chi connectivity index (χ2v) is 8.22. The predicted molar refractivity (Wildman–Crippen MR) is 94.8 cm³/mol. The van der Waals surface area contributed by atoms with Gasteiger partial charge in [-0.25, -0.2) is 9.59 Å². The molecule has 0 saturated carbocycles. The Labute approximate surface area is 146 Å². The zero-order valence-electron chi connectivity index (χ0n) is 16.7. The number of carbonyl (C=O) groups excluding carboxylic acids is 2. The van der Waals surface area contributed by atoms with E-state index in [-0.39, 0.29) is 5.92 Å². The maximum absolute atomic E-state index is 12.7. The molecule has 0 N–H and O–H groups in total. The minimum Gasteiger partial charge on any atom is -0.457 e. The van der Waals surface area contributed by atoms with Crippen molar-refractivity contribution in [2.75, 3.05) is 0 Å². The highest BCUT2D eigenvalue weighted by Crippen LogP contribution is 2.30. The Morgan fingerprint density at radius 1 is 0.917 bits per heavy atom. The molecule has 2 atom stereocenters. The summed E-state index contributed by atoms with van der Waals surface area (Å²) in [5.74, 6) is -0.787. The SMILES string of the molecule is CC=CCCC(C)C(C)(OC(=O)OC(C)(C)C)C(=O)OC(C)(C)C. The molecule has 5 nitrogen and oxygen atoms in total. The van der Waals surface area contributed by atoms with Crippen LogP contribution in [-0.2, 0) is 19.0 Å². The molecule has 0 aromatic heterocycles. The topological polar surface area (TPSA) is 61.8 Å². The van der Waals surface area contributed by atoms with Crippen molar-refractivity contribution in [3.05, 3.63) is 12.2 Å². The molecule has 0 aromatic carbocycles. The van der Waals surface area contributed by atoms with Crippen molar-refractivity contribution in [1.82, 2.24) is 0 Å². The highest BCUT2D eigenvalue weighted by molar-refractivity contribution is 5.82. The lowest BCUT2D eigenvalue weighted by atomic mass is 9.86. The molecular formula is C19H34O5. The van der Waals surface area contributed by atoms with Crippen molar-refractivity contribution in [2.45, 2.75) is 92.0 Å². The minimum atomic E-state index is -1.41. The number of hydrogen-bond acceptors (Lipinski definition) is 5. The van der Waals surface area contributed by atoms with Crippen LogP contribution in [0.15, 0.2) is 12.2 Å². The Morgan fingerprint density at radius 3 is 1.83 bits per heavy atom. The summed E-state index contributed by atoms with van der Waals surface area (Å²) in [6, 6.07) is 0. The van der Waals surface area contributed by atoms with Crippen LogP contribution < -0.4 is 0 Å². The molecule has 0 fully saturated rings. The molecule has 2 unspecified atom stereocenters. The summed E-state index contributed by atoms with van der Waals surface area (Å²) < 4.78 is 16.1. The molecule has 0 aliphatic carbocycles. The first-order chi connectivity index (χ1) is 10.7. The van der Waals surface area contributed by atoms with Crippen molar-refractivity contribution < 1.29 is 23.8 Å². The van der Waals surface area contributed by atoms with Gasteiger partial charge in [-0.2, -0.15) is 0 Å². The highest BCUT2D eigenvalue weighted by Gasteiger charge is 2.46. The second-order valence-electron chi connectivity index (χ2n) is 8.22. The number of carbonyl (C=O) groups is 2. The molecule has 0 rings (SSSR count). The minimum absolute atomic E-state index is 0.226. The Hall–Kier alpha value is -1.52. The fraction of sp³-hybridized carbons (Fsp3) is 0.789. The van der Waals surface area contributed by atoms with Gasteiger partial charge in [0.15, 0.2) is 0 Å². The summed E-state index contributed by atoms with van der Waals surface area (Å²) in [4.78, 5) is 24.8. The quantitative estimate of drug-likeness (QED) is 0.500. The average molecular weight is 342 g/mol. The van der Waals surface area contributed by atoms with Gasteiger partial charge in [-0.05, 0) is 68.2 Å². The average Bonchev–Trinajstić information content (AvgIpc) is 2.34. The van der Waals surface area contributed by atoms with Crippen LogP contribution in [-0.4, -0.2) is 28.9 Å². The second kappa shape index (κ2) is 8.54. The summed E-state index contributed by atoms with van der Waals surface area (Å²) in [6.45, 7) is 16.0. The molecule has 0 bridgehead atoms. The van der Waals surface area contributed by atoms with Crippen molar-refractivity contribution in [1.29, 1.82) is 0 Å². The van der Waals surface area contributed by atoms with Crippen LogP contribution in [0.5, 0.6) is 0 Å². The molecule has 24 heavy (non-hydrogen) atoms. The van der Waals surface area contributed by atoms with E-state index in [4.69, 9.17) is 14.2 Å². The van der Waals surface area contributed by atoms with Crippen LogP contribution in [0.3, 0.4) is 0 Å². The van der Waals surface area contributed by atoms with E-state index in [1.807, 2.05) is 26.0 Å². The zero-order valence-corrected chi connectivity index (χ0v) is 16.7. The molecular weight excluding hydrogens is 308 g/mol. The number of ether oxygens (including phenoxy) is 3. The summed E-state index contributed by atoms with van der Waals surface area (Å²) in [7, 11) is 0. The van der Waals surface area contributed by atoms with Gasteiger partial charge >= 0.3 is 12.1 Å². The third-order valence-electron chi connectivity index (χ3n) is 3.43.